The first kappa shape index (κ1) is 15.7. The summed E-state index contributed by atoms with van der Waals surface area (Å²) in [5.74, 6) is 0.224. The van der Waals surface area contributed by atoms with E-state index in [1.165, 1.54) is 19.2 Å². The molecule has 1 unspecified atom stereocenters. The zero-order valence-corrected chi connectivity index (χ0v) is 13.4. The number of nitrogens with one attached hydrogen (secondary N) is 1. The minimum atomic E-state index is -0.836. The van der Waals surface area contributed by atoms with Crippen LogP contribution in [0.1, 0.15) is 25.1 Å². The molecular weight excluding hydrogens is 325 g/mol. The van der Waals surface area contributed by atoms with Gasteiger partial charge in [-0.15, -0.1) is 0 Å². The summed E-state index contributed by atoms with van der Waals surface area (Å²) in [7, 11) is 0. The molecule has 1 N–H and O–H groups in total. The topological polar surface area (TPSA) is 84.2 Å². The maximum Gasteiger partial charge on any atom is 0.223 e. The molecule has 1 aliphatic heterocycles. The van der Waals surface area contributed by atoms with E-state index in [-0.39, 0.29) is 23.3 Å². The molecule has 0 saturated carbocycles. The zero-order valence-electron chi connectivity index (χ0n) is 12.6. The van der Waals surface area contributed by atoms with Crippen molar-refractivity contribution in [1.29, 1.82) is 0 Å². The van der Waals surface area contributed by atoms with Crippen LogP contribution >= 0.6 is 11.6 Å². The molecule has 3 rings (SSSR count). The third kappa shape index (κ3) is 2.98. The van der Waals surface area contributed by atoms with Crippen LogP contribution in [0.4, 0.5) is 10.2 Å². The molecule has 1 amide bonds. The summed E-state index contributed by atoms with van der Waals surface area (Å²) in [6, 6.07) is 1.21. The molecule has 2 aromatic heterocycles. The SMILES string of the molecule is CC(=O)NC1(c2noc(C)n2)CCN(c2ncc(Cl)cc2F)C1. The highest BCUT2D eigenvalue weighted by Crippen LogP contribution is 2.34. The Bertz CT molecular complexity index is 753. The van der Waals surface area contributed by atoms with E-state index < -0.39 is 11.4 Å². The Morgan fingerprint density at radius 2 is 2.35 bits per heavy atom. The smallest absolute Gasteiger partial charge is 0.223 e. The third-order valence-corrected chi connectivity index (χ3v) is 3.93. The lowest BCUT2D eigenvalue weighted by molar-refractivity contribution is -0.120. The van der Waals surface area contributed by atoms with Crippen LogP contribution < -0.4 is 10.2 Å². The molecule has 23 heavy (non-hydrogen) atoms. The van der Waals surface area contributed by atoms with E-state index in [1.54, 1.807) is 11.8 Å². The van der Waals surface area contributed by atoms with Crippen molar-refractivity contribution in [3.8, 4) is 0 Å². The predicted octanol–water partition coefficient (Wildman–Crippen LogP) is 1.81. The van der Waals surface area contributed by atoms with E-state index in [2.05, 4.69) is 20.4 Å². The van der Waals surface area contributed by atoms with Gasteiger partial charge in [0.1, 0.15) is 5.54 Å². The summed E-state index contributed by atoms with van der Waals surface area (Å²) < 4.78 is 19.1. The van der Waals surface area contributed by atoms with E-state index in [0.29, 0.717) is 24.7 Å². The summed E-state index contributed by atoms with van der Waals surface area (Å²) in [5.41, 5.74) is -0.836. The Morgan fingerprint density at radius 3 is 2.96 bits per heavy atom. The molecule has 0 spiro atoms. The largest absolute Gasteiger partial charge is 0.351 e. The first-order valence-corrected chi connectivity index (χ1v) is 7.43. The van der Waals surface area contributed by atoms with Crippen molar-refractivity contribution in [2.75, 3.05) is 18.0 Å². The third-order valence-electron chi connectivity index (χ3n) is 3.73. The second-order valence-electron chi connectivity index (χ2n) is 5.53. The first-order valence-electron chi connectivity index (χ1n) is 7.05. The van der Waals surface area contributed by atoms with Crippen LogP contribution in [0, 0.1) is 12.7 Å². The van der Waals surface area contributed by atoms with E-state index in [0.717, 1.165) is 0 Å². The van der Waals surface area contributed by atoms with E-state index in [9.17, 15) is 9.18 Å². The Labute approximate surface area is 136 Å². The molecule has 9 heteroatoms. The van der Waals surface area contributed by atoms with Crippen molar-refractivity contribution >= 4 is 23.3 Å². The van der Waals surface area contributed by atoms with Gasteiger partial charge in [0.25, 0.3) is 0 Å². The van der Waals surface area contributed by atoms with Crippen LogP contribution in [0.3, 0.4) is 0 Å². The molecule has 7 nitrogen and oxygen atoms in total. The maximum absolute atomic E-state index is 14.1. The zero-order chi connectivity index (χ0) is 16.6. The van der Waals surface area contributed by atoms with Gasteiger partial charge in [-0.25, -0.2) is 9.37 Å². The number of aromatic nitrogens is 3. The number of hydrogen-bond donors (Lipinski definition) is 1. The Balaban J connectivity index is 1.93. The van der Waals surface area contributed by atoms with Crippen LogP contribution in [0.2, 0.25) is 5.02 Å². The summed E-state index contributed by atoms with van der Waals surface area (Å²) in [4.78, 5) is 21.6. The van der Waals surface area contributed by atoms with Crippen molar-refractivity contribution in [2.45, 2.75) is 25.8 Å². The van der Waals surface area contributed by atoms with Crippen LogP contribution in [-0.2, 0) is 10.3 Å². The summed E-state index contributed by atoms with van der Waals surface area (Å²) in [6.07, 6.45) is 1.90. The second-order valence-corrected chi connectivity index (χ2v) is 5.97. The van der Waals surface area contributed by atoms with Crippen LogP contribution in [0.15, 0.2) is 16.8 Å². The van der Waals surface area contributed by atoms with Crippen molar-refractivity contribution in [3.05, 3.63) is 34.8 Å². The number of rotatable bonds is 3. The van der Waals surface area contributed by atoms with Crippen LogP contribution in [0.25, 0.3) is 0 Å². The average Bonchev–Trinajstić information content (AvgIpc) is 3.06. The second kappa shape index (κ2) is 5.77. The summed E-state index contributed by atoms with van der Waals surface area (Å²) >= 11 is 5.74. The predicted molar refractivity (Wildman–Crippen MR) is 80.6 cm³/mol. The van der Waals surface area contributed by atoms with E-state index in [1.807, 2.05) is 0 Å². The minimum Gasteiger partial charge on any atom is -0.351 e. The van der Waals surface area contributed by atoms with Gasteiger partial charge < -0.3 is 14.7 Å². The number of halogens is 2. The monoisotopic (exact) mass is 339 g/mol. The van der Waals surface area contributed by atoms with Gasteiger partial charge in [-0.1, -0.05) is 16.8 Å². The van der Waals surface area contributed by atoms with Gasteiger partial charge in [0.15, 0.2) is 17.5 Å². The lowest BCUT2D eigenvalue weighted by atomic mass is 9.97. The molecule has 2 aromatic rings. The van der Waals surface area contributed by atoms with Crippen molar-refractivity contribution in [2.24, 2.45) is 0 Å². The maximum atomic E-state index is 14.1. The quantitative estimate of drug-likeness (QED) is 0.918. The Kier molecular flexibility index (Phi) is 3.93. The Hall–Kier alpha value is -2.22. The van der Waals surface area contributed by atoms with Gasteiger partial charge in [-0.05, 0) is 12.5 Å². The van der Waals surface area contributed by atoms with Crippen LogP contribution in [-0.4, -0.2) is 34.1 Å². The lowest BCUT2D eigenvalue weighted by Crippen LogP contribution is -2.48. The summed E-state index contributed by atoms with van der Waals surface area (Å²) in [6.45, 7) is 3.86. The number of nitrogens with zero attached hydrogens (tertiary/aromatic N) is 4. The highest BCUT2D eigenvalue weighted by Gasteiger charge is 2.45. The molecule has 122 valence electrons. The number of carbonyl (C=O) groups is 1. The number of hydrogen-bond acceptors (Lipinski definition) is 6. The van der Waals surface area contributed by atoms with Gasteiger partial charge in [0.05, 0.1) is 11.6 Å². The molecular formula is C14H15ClFN5O2. The molecule has 0 radical (unpaired) electrons. The van der Waals surface area contributed by atoms with E-state index >= 15 is 0 Å². The van der Waals surface area contributed by atoms with Crippen molar-refractivity contribution in [1.82, 2.24) is 20.4 Å². The molecule has 1 saturated heterocycles. The normalized spacial score (nSPS) is 20.8. The van der Waals surface area contributed by atoms with E-state index in [4.69, 9.17) is 16.1 Å². The molecule has 3 heterocycles. The van der Waals surface area contributed by atoms with Gasteiger partial charge in [0.2, 0.25) is 11.8 Å². The average molecular weight is 340 g/mol. The fraction of sp³-hybridized carbons (Fsp3) is 0.429. The van der Waals surface area contributed by atoms with Crippen LogP contribution in [0.5, 0.6) is 0 Å². The van der Waals surface area contributed by atoms with Gasteiger partial charge in [-0.3, -0.25) is 4.79 Å². The fourth-order valence-corrected chi connectivity index (χ4v) is 2.95. The lowest BCUT2D eigenvalue weighted by Gasteiger charge is -2.27. The number of anilines is 1. The number of amides is 1. The minimum absolute atomic E-state index is 0.182. The standard InChI is InChI=1S/C14H15ClFN5O2/c1-8(22)19-14(13-18-9(2)23-20-13)3-4-21(7-14)12-11(16)5-10(15)6-17-12/h5-6H,3-4,7H2,1-2H3,(H,19,22). The van der Waals surface area contributed by atoms with Gasteiger partial charge in [-0.2, -0.15) is 4.98 Å². The van der Waals surface area contributed by atoms with Crippen molar-refractivity contribution in [3.63, 3.8) is 0 Å². The number of carbonyl (C=O) groups excluding carboxylic acids is 1. The highest BCUT2D eigenvalue weighted by atomic mass is 35.5. The van der Waals surface area contributed by atoms with Gasteiger partial charge >= 0.3 is 0 Å². The number of aryl methyl sites for hydroxylation is 1. The fourth-order valence-electron chi connectivity index (χ4n) is 2.80. The van der Waals surface area contributed by atoms with Crippen molar-refractivity contribution < 1.29 is 13.7 Å². The molecule has 0 aromatic carbocycles. The molecule has 0 aliphatic carbocycles. The highest BCUT2D eigenvalue weighted by molar-refractivity contribution is 6.30. The first-order chi connectivity index (χ1) is 10.9. The number of pyridine rings is 1. The van der Waals surface area contributed by atoms with Gasteiger partial charge in [0, 0.05) is 26.6 Å². The molecule has 0 bridgehead atoms. The Morgan fingerprint density at radius 1 is 1.57 bits per heavy atom. The molecule has 1 aliphatic rings. The molecule has 1 atom stereocenters. The summed E-state index contributed by atoms with van der Waals surface area (Å²) in [5, 5.41) is 7.03. The molecule has 1 fully saturated rings.